The molecule has 2 heterocycles. The van der Waals surface area contributed by atoms with Crippen molar-refractivity contribution in [3.63, 3.8) is 0 Å². The molecule has 1 unspecified atom stereocenters. The second-order valence-corrected chi connectivity index (χ2v) is 6.99. The van der Waals surface area contributed by atoms with E-state index in [0.717, 1.165) is 43.6 Å². The minimum Gasteiger partial charge on any atom is -0.356 e. The molecule has 0 bridgehead atoms. The van der Waals surface area contributed by atoms with Crippen LogP contribution in [0.5, 0.6) is 0 Å². The highest BCUT2D eigenvalue weighted by atomic mass is 15.2. The third-order valence-electron chi connectivity index (χ3n) is 4.48. The first-order valence-electron chi connectivity index (χ1n) is 7.84. The zero-order valence-corrected chi connectivity index (χ0v) is 13.7. The van der Waals surface area contributed by atoms with Crippen LogP contribution in [0.4, 0.5) is 5.82 Å². The summed E-state index contributed by atoms with van der Waals surface area (Å²) in [4.78, 5) is 7.25. The van der Waals surface area contributed by atoms with Gasteiger partial charge in [0.2, 0.25) is 0 Å². The molecule has 0 amide bonds. The molecule has 2 rings (SSSR count). The van der Waals surface area contributed by atoms with Crippen molar-refractivity contribution < 1.29 is 0 Å². The number of aryl methyl sites for hydroxylation is 1. The lowest BCUT2D eigenvalue weighted by atomic mass is 9.80. The summed E-state index contributed by atoms with van der Waals surface area (Å²) in [6.07, 6.45) is 1.28. The summed E-state index contributed by atoms with van der Waals surface area (Å²) < 4.78 is 0. The molecule has 1 N–H and O–H groups in total. The molecule has 0 radical (unpaired) electrons. The fourth-order valence-corrected chi connectivity index (χ4v) is 2.87. The van der Waals surface area contributed by atoms with Gasteiger partial charge in [0, 0.05) is 25.3 Å². The predicted octanol–water partition coefficient (Wildman–Crippen LogP) is 3.37. The van der Waals surface area contributed by atoms with E-state index in [1.807, 2.05) is 0 Å². The molecule has 1 aromatic heterocycles. The van der Waals surface area contributed by atoms with Gasteiger partial charge in [0.05, 0.1) is 0 Å². The average molecular weight is 275 g/mol. The van der Waals surface area contributed by atoms with E-state index >= 15 is 0 Å². The molecule has 1 aliphatic heterocycles. The van der Waals surface area contributed by atoms with Crippen LogP contribution in [0.15, 0.2) is 12.1 Å². The fraction of sp³-hybridized carbons (Fsp3) is 0.706. The van der Waals surface area contributed by atoms with Crippen molar-refractivity contribution in [3.05, 3.63) is 23.4 Å². The van der Waals surface area contributed by atoms with Crippen LogP contribution in [0.1, 0.15) is 45.4 Å². The maximum absolute atomic E-state index is 4.81. The highest BCUT2D eigenvalue weighted by Crippen LogP contribution is 2.35. The molecule has 1 aliphatic rings. The lowest BCUT2D eigenvalue weighted by Gasteiger charge is -2.27. The summed E-state index contributed by atoms with van der Waals surface area (Å²) in [5.41, 5.74) is 2.86. The zero-order chi connectivity index (χ0) is 14.8. The smallest absolute Gasteiger partial charge is 0.128 e. The van der Waals surface area contributed by atoms with Gasteiger partial charge in [-0.2, -0.15) is 0 Å². The van der Waals surface area contributed by atoms with Gasteiger partial charge in [-0.3, -0.25) is 0 Å². The van der Waals surface area contributed by atoms with Crippen molar-refractivity contribution >= 4 is 5.82 Å². The summed E-state index contributed by atoms with van der Waals surface area (Å²) >= 11 is 0. The lowest BCUT2D eigenvalue weighted by Crippen LogP contribution is -2.26. The van der Waals surface area contributed by atoms with Gasteiger partial charge in [0.15, 0.2) is 0 Å². The molecular formula is C17H29N3. The Balaban J connectivity index is 2.05. The van der Waals surface area contributed by atoms with Crippen molar-refractivity contribution in [3.8, 4) is 0 Å². The Morgan fingerprint density at radius 2 is 2.10 bits per heavy atom. The van der Waals surface area contributed by atoms with Gasteiger partial charge in [0.1, 0.15) is 5.82 Å². The van der Waals surface area contributed by atoms with Gasteiger partial charge in [-0.05, 0) is 42.9 Å². The maximum Gasteiger partial charge on any atom is 0.128 e. The van der Waals surface area contributed by atoms with Crippen molar-refractivity contribution in [2.24, 2.45) is 11.3 Å². The van der Waals surface area contributed by atoms with Crippen molar-refractivity contribution in [1.29, 1.82) is 0 Å². The molecule has 0 saturated carbocycles. The highest BCUT2D eigenvalue weighted by Gasteiger charge is 2.32. The number of pyridine rings is 1. The van der Waals surface area contributed by atoms with E-state index in [0.29, 0.717) is 5.41 Å². The first-order valence-corrected chi connectivity index (χ1v) is 7.84. The molecule has 1 fully saturated rings. The normalized spacial score (nSPS) is 19.6. The average Bonchev–Trinajstić information content (AvgIpc) is 2.86. The largest absolute Gasteiger partial charge is 0.356 e. The zero-order valence-electron chi connectivity index (χ0n) is 13.7. The summed E-state index contributed by atoms with van der Waals surface area (Å²) in [6.45, 7) is 15.5. The van der Waals surface area contributed by atoms with Crippen molar-refractivity contribution in [2.45, 2.75) is 47.6 Å². The third kappa shape index (κ3) is 3.51. The van der Waals surface area contributed by atoms with E-state index in [2.05, 4.69) is 57.0 Å². The van der Waals surface area contributed by atoms with Crippen LogP contribution in [0.2, 0.25) is 0 Å². The Bertz CT molecular complexity index is 448. The summed E-state index contributed by atoms with van der Waals surface area (Å²) in [5.74, 6) is 1.92. The minimum atomic E-state index is 0.398. The highest BCUT2D eigenvalue weighted by molar-refractivity contribution is 5.43. The third-order valence-corrected chi connectivity index (χ3v) is 4.48. The monoisotopic (exact) mass is 275 g/mol. The first kappa shape index (κ1) is 15.3. The number of nitrogens with one attached hydrogen (secondary N) is 1. The Hall–Kier alpha value is -1.09. The van der Waals surface area contributed by atoms with E-state index in [1.54, 1.807) is 0 Å². The topological polar surface area (TPSA) is 28.2 Å². The lowest BCUT2D eigenvalue weighted by molar-refractivity contribution is 0.263. The molecule has 1 saturated heterocycles. The maximum atomic E-state index is 4.81. The SMILES string of the molecule is CCNCc1ccc(N2CCC(C(C)(C)C)C2)nc1C. The predicted molar refractivity (Wildman–Crippen MR) is 86.1 cm³/mol. The van der Waals surface area contributed by atoms with E-state index in [9.17, 15) is 0 Å². The molecule has 112 valence electrons. The molecule has 3 heteroatoms. The molecule has 1 atom stereocenters. The number of nitrogens with zero attached hydrogens (tertiary/aromatic N) is 2. The molecular weight excluding hydrogens is 246 g/mol. The minimum absolute atomic E-state index is 0.398. The number of anilines is 1. The Morgan fingerprint density at radius 3 is 2.65 bits per heavy atom. The second kappa shape index (κ2) is 6.13. The number of hydrogen-bond donors (Lipinski definition) is 1. The van der Waals surface area contributed by atoms with Crippen LogP contribution in [-0.4, -0.2) is 24.6 Å². The van der Waals surface area contributed by atoms with E-state index in [-0.39, 0.29) is 0 Å². The van der Waals surface area contributed by atoms with E-state index < -0.39 is 0 Å². The first-order chi connectivity index (χ1) is 9.41. The van der Waals surface area contributed by atoms with Crippen molar-refractivity contribution in [1.82, 2.24) is 10.3 Å². The van der Waals surface area contributed by atoms with Gasteiger partial charge < -0.3 is 10.2 Å². The Morgan fingerprint density at radius 1 is 1.35 bits per heavy atom. The van der Waals surface area contributed by atoms with Gasteiger partial charge in [0.25, 0.3) is 0 Å². The number of aromatic nitrogens is 1. The summed E-state index contributed by atoms with van der Waals surface area (Å²) in [6, 6.07) is 4.41. The van der Waals surface area contributed by atoms with Gasteiger partial charge >= 0.3 is 0 Å². The fourth-order valence-electron chi connectivity index (χ4n) is 2.87. The van der Waals surface area contributed by atoms with Gasteiger partial charge in [-0.1, -0.05) is 33.8 Å². The summed E-state index contributed by atoms with van der Waals surface area (Å²) in [7, 11) is 0. The van der Waals surface area contributed by atoms with E-state index in [1.165, 1.54) is 12.0 Å². The van der Waals surface area contributed by atoms with Crippen LogP contribution in [0.3, 0.4) is 0 Å². The number of rotatable bonds is 4. The molecule has 3 nitrogen and oxygen atoms in total. The van der Waals surface area contributed by atoms with Gasteiger partial charge in [-0.25, -0.2) is 4.98 Å². The number of hydrogen-bond acceptors (Lipinski definition) is 3. The van der Waals surface area contributed by atoms with Crippen LogP contribution < -0.4 is 10.2 Å². The molecule has 0 aliphatic carbocycles. The molecule has 0 aromatic carbocycles. The Kier molecular flexibility index (Phi) is 4.69. The summed E-state index contributed by atoms with van der Waals surface area (Å²) in [5, 5.41) is 3.37. The molecule has 1 aromatic rings. The van der Waals surface area contributed by atoms with Crippen LogP contribution >= 0.6 is 0 Å². The van der Waals surface area contributed by atoms with Crippen LogP contribution in [0, 0.1) is 18.3 Å². The molecule has 0 spiro atoms. The molecule has 20 heavy (non-hydrogen) atoms. The second-order valence-electron chi connectivity index (χ2n) is 6.99. The standard InChI is InChI=1S/C17H29N3/c1-6-18-11-14-7-8-16(19-13(14)2)20-10-9-15(12-20)17(3,4)5/h7-8,15,18H,6,9-12H2,1-5H3. The van der Waals surface area contributed by atoms with E-state index in [4.69, 9.17) is 4.98 Å². The van der Waals surface area contributed by atoms with Crippen LogP contribution in [0.25, 0.3) is 0 Å². The quantitative estimate of drug-likeness (QED) is 0.913. The van der Waals surface area contributed by atoms with Crippen LogP contribution in [-0.2, 0) is 6.54 Å². The van der Waals surface area contributed by atoms with Crippen molar-refractivity contribution in [2.75, 3.05) is 24.5 Å². The Labute approximate surface area is 123 Å². The van der Waals surface area contributed by atoms with Gasteiger partial charge in [-0.15, -0.1) is 0 Å².